The number of pyridine rings is 1. The molecule has 1 aromatic carbocycles. The van der Waals surface area contributed by atoms with Crippen LogP contribution >= 0.6 is 7.82 Å². The minimum atomic E-state index is -4.06. The lowest BCUT2D eigenvalue weighted by molar-refractivity contribution is -0.0501. The third-order valence-corrected chi connectivity index (χ3v) is 7.25. The van der Waals surface area contributed by atoms with E-state index in [0.29, 0.717) is 12.8 Å². The fourth-order valence-electron chi connectivity index (χ4n) is 3.88. The van der Waals surface area contributed by atoms with Crippen LogP contribution in [0.4, 0.5) is 0 Å². The summed E-state index contributed by atoms with van der Waals surface area (Å²) in [6.45, 7) is 0.265. The van der Waals surface area contributed by atoms with E-state index in [-0.39, 0.29) is 33.0 Å². The molecule has 0 spiro atoms. The van der Waals surface area contributed by atoms with Gasteiger partial charge in [-0.25, -0.2) is 9.36 Å². The van der Waals surface area contributed by atoms with E-state index in [1.54, 1.807) is 12.4 Å². The maximum absolute atomic E-state index is 13.6. The summed E-state index contributed by atoms with van der Waals surface area (Å²) in [6, 6.07) is 14.2. The Morgan fingerprint density at radius 2 is 1.85 bits per heavy atom. The number of ether oxygens (including phenoxy) is 3. The largest absolute Gasteiger partial charge is 0.475 e. The summed E-state index contributed by atoms with van der Waals surface area (Å²) in [4.78, 5) is 29.7. The van der Waals surface area contributed by atoms with E-state index in [1.807, 2.05) is 42.5 Å². The fraction of sp³-hybridized carbons (Fsp3) is 0.423. The Morgan fingerprint density at radius 3 is 2.59 bits per heavy atom. The molecule has 1 N–H and O–H groups in total. The van der Waals surface area contributed by atoms with E-state index in [1.165, 1.54) is 23.9 Å². The van der Waals surface area contributed by atoms with Crippen LogP contribution in [0.5, 0.6) is 0 Å². The second-order valence-corrected chi connectivity index (χ2v) is 10.5. The number of methoxy groups -OCH3 is 1. The quantitative estimate of drug-likeness (QED) is 0.275. The van der Waals surface area contributed by atoms with E-state index >= 15 is 0 Å². The number of aromatic amines is 1. The van der Waals surface area contributed by atoms with Gasteiger partial charge in [0.25, 0.3) is 5.56 Å². The summed E-state index contributed by atoms with van der Waals surface area (Å²) < 4.78 is 49.0. The highest BCUT2D eigenvalue weighted by Gasteiger charge is 2.34. The van der Waals surface area contributed by atoms with Crippen LogP contribution in [0.1, 0.15) is 30.2 Å². The van der Waals surface area contributed by atoms with Crippen molar-refractivity contribution < 1.29 is 32.3 Å². The van der Waals surface area contributed by atoms with Crippen LogP contribution in [-0.2, 0) is 45.6 Å². The Hall–Kier alpha value is -2.96. The van der Waals surface area contributed by atoms with Gasteiger partial charge in [0.05, 0.1) is 39.1 Å². The Kier molecular flexibility index (Phi) is 10.7. The maximum Gasteiger partial charge on any atom is 0.475 e. The van der Waals surface area contributed by atoms with Crippen molar-refractivity contribution in [2.45, 2.75) is 44.5 Å². The van der Waals surface area contributed by atoms with Gasteiger partial charge in [-0.1, -0.05) is 36.4 Å². The summed E-state index contributed by atoms with van der Waals surface area (Å²) in [5.41, 5.74) is 0.609. The van der Waals surface area contributed by atoms with Crippen molar-refractivity contribution in [1.82, 2.24) is 14.5 Å². The first kappa shape index (κ1) is 29.0. The molecule has 12 nitrogen and oxygen atoms in total. The molecular formula is C26H32N3O9P. The third-order valence-electron chi connectivity index (χ3n) is 5.88. The normalized spacial score (nSPS) is 19.5. The highest BCUT2D eigenvalue weighted by atomic mass is 31.2. The SMILES string of the molecule is COCC(COP(=O)(OCc1ccccc1)OCC1CCC(n2ccc(=O)[nH]c2=O)O1)OCc1cccnc1. The summed E-state index contributed by atoms with van der Waals surface area (Å²) in [7, 11) is -2.53. The second kappa shape index (κ2) is 14.4. The van der Waals surface area contributed by atoms with E-state index in [4.69, 9.17) is 27.8 Å². The summed E-state index contributed by atoms with van der Waals surface area (Å²) >= 11 is 0. The van der Waals surface area contributed by atoms with Gasteiger partial charge in [-0.05, 0) is 30.0 Å². The van der Waals surface area contributed by atoms with E-state index in [2.05, 4.69) is 9.97 Å². The van der Waals surface area contributed by atoms with Gasteiger partial charge in [-0.3, -0.25) is 32.9 Å². The molecule has 4 unspecified atom stereocenters. The number of H-pyrrole nitrogens is 1. The lowest BCUT2D eigenvalue weighted by atomic mass is 10.2. The molecule has 3 heterocycles. The van der Waals surface area contributed by atoms with Crippen molar-refractivity contribution in [1.29, 1.82) is 0 Å². The minimum Gasteiger partial charge on any atom is -0.382 e. The first-order valence-electron chi connectivity index (χ1n) is 12.5. The lowest BCUT2D eigenvalue weighted by Crippen LogP contribution is -2.31. The number of benzene rings is 1. The lowest BCUT2D eigenvalue weighted by Gasteiger charge is -2.23. The van der Waals surface area contributed by atoms with E-state index in [9.17, 15) is 14.2 Å². The minimum absolute atomic E-state index is 0.00449. The number of phosphoric acid groups is 1. The summed E-state index contributed by atoms with van der Waals surface area (Å²) in [6.07, 6.45) is 4.19. The highest BCUT2D eigenvalue weighted by molar-refractivity contribution is 7.48. The van der Waals surface area contributed by atoms with Gasteiger partial charge in [0.15, 0.2) is 0 Å². The second-order valence-electron chi connectivity index (χ2n) is 8.85. The predicted molar refractivity (Wildman–Crippen MR) is 140 cm³/mol. The molecule has 0 bridgehead atoms. The maximum atomic E-state index is 13.6. The van der Waals surface area contributed by atoms with Crippen molar-refractivity contribution >= 4 is 7.82 Å². The Bertz CT molecular complexity index is 1320. The number of nitrogens with one attached hydrogen (secondary N) is 1. The monoisotopic (exact) mass is 561 g/mol. The Labute approximate surface area is 225 Å². The topological polar surface area (TPSA) is 140 Å². The zero-order valence-corrected chi connectivity index (χ0v) is 22.4. The molecule has 0 radical (unpaired) electrons. The molecule has 0 amide bonds. The van der Waals surface area contributed by atoms with Gasteiger partial charge in [0.1, 0.15) is 12.3 Å². The predicted octanol–water partition coefficient (Wildman–Crippen LogP) is 3.20. The van der Waals surface area contributed by atoms with Gasteiger partial charge >= 0.3 is 13.5 Å². The molecule has 0 aliphatic carbocycles. The zero-order valence-electron chi connectivity index (χ0n) is 21.5. The summed E-state index contributed by atoms with van der Waals surface area (Å²) in [5, 5.41) is 0. The molecule has 1 aliphatic heterocycles. The van der Waals surface area contributed by atoms with Crippen LogP contribution in [0, 0.1) is 0 Å². The van der Waals surface area contributed by atoms with Crippen LogP contribution in [0.2, 0.25) is 0 Å². The average Bonchev–Trinajstić information content (AvgIpc) is 3.42. The van der Waals surface area contributed by atoms with Crippen LogP contribution in [-0.4, -0.2) is 53.7 Å². The first-order valence-corrected chi connectivity index (χ1v) is 13.9. The number of rotatable bonds is 15. The first-order chi connectivity index (χ1) is 18.9. The molecule has 1 saturated heterocycles. The van der Waals surface area contributed by atoms with Crippen LogP contribution < -0.4 is 11.2 Å². The van der Waals surface area contributed by atoms with Crippen LogP contribution in [0.3, 0.4) is 0 Å². The summed E-state index contributed by atoms with van der Waals surface area (Å²) in [5.74, 6) is 0. The molecule has 210 valence electrons. The van der Waals surface area contributed by atoms with Gasteiger partial charge < -0.3 is 14.2 Å². The Balaban J connectivity index is 1.37. The van der Waals surface area contributed by atoms with Gasteiger partial charge in [0, 0.05) is 31.8 Å². The van der Waals surface area contributed by atoms with Crippen LogP contribution in [0.25, 0.3) is 0 Å². The van der Waals surface area contributed by atoms with E-state index in [0.717, 1.165) is 11.1 Å². The smallest absolute Gasteiger partial charge is 0.382 e. The molecule has 1 fully saturated rings. The standard InChI is InChI=1S/C26H32N3O9P/c1-33-17-23(34-15-21-8-5-12-27-14-21)19-37-39(32,35-16-20-6-3-2-4-7-20)36-18-22-9-10-25(38-22)29-13-11-24(30)28-26(29)31/h2-8,11-14,22-23,25H,9-10,15-19H2,1H3,(H,28,30,31). The Morgan fingerprint density at radius 1 is 1.03 bits per heavy atom. The average molecular weight is 562 g/mol. The van der Waals surface area contributed by atoms with Gasteiger partial charge in [0.2, 0.25) is 0 Å². The van der Waals surface area contributed by atoms with E-state index < -0.39 is 37.5 Å². The highest BCUT2D eigenvalue weighted by Crippen LogP contribution is 2.51. The number of nitrogens with zero attached hydrogens (tertiary/aromatic N) is 2. The molecule has 3 aromatic rings. The number of phosphoric ester groups is 1. The number of hydrogen-bond donors (Lipinski definition) is 1. The third kappa shape index (κ3) is 9.04. The van der Waals surface area contributed by atoms with Gasteiger partial charge in [-0.15, -0.1) is 0 Å². The fourth-order valence-corrected chi connectivity index (χ4v) is 5.11. The van der Waals surface area contributed by atoms with Crippen molar-refractivity contribution in [2.24, 2.45) is 0 Å². The van der Waals surface area contributed by atoms with Crippen molar-refractivity contribution in [2.75, 3.05) is 26.9 Å². The van der Waals surface area contributed by atoms with Gasteiger partial charge in [-0.2, -0.15) is 0 Å². The number of aromatic nitrogens is 3. The molecule has 0 saturated carbocycles. The van der Waals surface area contributed by atoms with Crippen molar-refractivity contribution in [3.63, 3.8) is 0 Å². The molecule has 1 aliphatic rings. The molecule has 2 aromatic heterocycles. The molecule has 4 atom stereocenters. The van der Waals surface area contributed by atoms with Crippen molar-refractivity contribution in [3.05, 3.63) is 99.1 Å². The zero-order chi connectivity index (χ0) is 27.5. The molecular weight excluding hydrogens is 529 g/mol. The number of hydrogen-bond acceptors (Lipinski definition) is 10. The van der Waals surface area contributed by atoms with Crippen molar-refractivity contribution in [3.8, 4) is 0 Å². The molecule has 13 heteroatoms. The van der Waals surface area contributed by atoms with Crippen LogP contribution in [0.15, 0.2) is 76.7 Å². The molecule has 4 rings (SSSR count). The molecule has 39 heavy (non-hydrogen) atoms.